The van der Waals surface area contributed by atoms with E-state index in [0.717, 1.165) is 5.56 Å². The van der Waals surface area contributed by atoms with Gasteiger partial charge in [-0.1, -0.05) is 11.6 Å². The lowest BCUT2D eigenvalue weighted by Crippen LogP contribution is -2.15. The highest BCUT2D eigenvalue weighted by atomic mass is 35.5. The van der Waals surface area contributed by atoms with Crippen LogP contribution in [-0.4, -0.2) is 4.98 Å². The quantitative estimate of drug-likeness (QED) is 0.909. The minimum Gasteiger partial charge on any atom is -0.324 e. The van der Waals surface area contributed by atoms with Crippen molar-refractivity contribution in [3.05, 3.63) is 64.7 Å². The lowest BCUT2D eigenvalue weighted by atomic mass is 10.00. The first-order valence-electron chi connectivity index (χ1n) is 5.26. The van der Waals surface area contributed by atoms with E-state index in [1.165, 1.54) is 12.1 Å². The van der Waals surface area contributed by atoms with Gasteiger partial charge in [0.25, 0.3) is 0 Å². The average molecular weight is 251 g/mol. The average Bonchev–Trinajstić information content (AvgIpc) is 2.33. The Morgan fingerprint density at radius 1 is 1.24 bits per heavy atom. The number of rotatable bonds is 3. The predicted molar refractivity (Wildman–Crippen MR) is 66.3 cm³/mol. The van der Waals surface area contributed by atoms with Crippen molar-refractivity contribution in [1.82, 2.24) is 4.98 Å². The molecular formula is C13H12ClFN2. The molecule has 0 spiro atoms. The van der Waals surface area contributed by atoms with E-state index in [4.69, 9.17) is 17.3 Å². The summed E-state index contributed by atoms with van der Waals surface area (Å²) in [5.41, 5.74) is 7.44. The van der Waals surface area contributed by atoms with Crippen LogP contribution in [0.25, 0.3) is 0 Å². The molecule has 1 unspecified atom stereocenters. The second kappa shape index (κ2) is 5.25. The van der Waals surface area contributed by atoms with Gasteiger partial charge in [-0.15, -0.1) is 0 Å². The van der Waals surface area contributed by atoms with Crippen molar-refractivity contribution >= 4 is 11.6 Å². The summed E-state index contributed by atoms with van der Waals surface area (Å²) in [6.07, 6.45) is 3.94. The Hall–Kier alpha value is -1.45. The molecule has 1 atom stereocenters. The van der Waals surface area contributed by atoms with Crippen LogP contribution in [0.4, 0.5) is 4.39 Å². The maximum atomic E-state index is 13.6. The number of hydrogen-bond acceptors (Lipinski definition) is 2. The van der Waals surface area contributed by atoms with Crippen molar-refractivity contribution in [2.75, 3.05) is 0 Å². The van der Waals surface area contributed by atoms with E-state index < -0.39 is 6.04 Å². The molecule has 2 aromatic rings. The maximum absolute atomic E-state index is 13.6. The fraction of sp³-hybridized carbons (Fsp3) is 0.154. The Bertz CT molecular complexity index is 502. The summed E-state index contributed by atoms with van der Waals surface area (Å²) in [7, 11) is 0. The largest absolute Gasteiger partial charge is 0.324 e. The molecule has 0 radical (unpaired) electrons. The molecule has 0 bridgehead atoms. The van der Waals surface area contributed by atoms with Gasteiger partial charge in [0.2, 0.25) is 0 Å². The molecule has 0 aliphatic heterocycles. The second-order valence-electron chi connectivity index (χ2n) is 3.83. The number of halogens is 2. The van der Waals surface area contributed by atoms with Crippen molar-refractivity contribution in [1.29, 1.82) is 0 Å². The van der Waals surface area contributed by atoms with Crippen molar-refractivity contribution < 1.29 is 4.39 Å². The zero-order valence-electron chi connectivity index (χ0n) is 9.11. The molecule has 17 heavy (non-hydrogen) atoms. The number of benzene rings is 1. The molecule has 4 heteroatoms. The summed E-state index contributed by atoms with van der Waals surface area (Å²) >= 11 is 5.83. The molecule has 2 nitrogen and oxygen atoms in total. The zero-order valence-corrected chi connectivity index (χ0v) is 9.86. The van der Waals surface area contributed by atoms with Gasteiger partial charge in [-0.3, -0.25) is 4.98 Å². The third-order valence-corrected chi connectivity index (χ3v) is 2.80. The lowest BCUT2D eigenvalue weighted by Gasteiger charge is -2.13. The van der Waals surface area contributed by atoms with Gasteiger partial charge in [0.15, 0.2) is 0 Å². The molecule has 0 fully saturated rings. The first-order chi connectivity index (χ1) is 8.16. The zero-order chi connectivity index (χ0) is 12.3. The standard InChI is InChI=1S/C13H12ClFN2/c14-10-1-2-12(15)11(8-10)13(16)7-9-3-5-17-6-4-9/h1-6,8,13H,7,16H2. The van der Waals surface area contributed by atoms with Crippen LogP contribution in [-0.2, 0) is 6.42 Å². The minimum absolute atomic E-state index is 0.323. The summed E-state index contributed by atoms with van der Waals surface area (Å²) in [4.78, 5) is 3.92. The molecule has 1 aromatic carbocycles. The fourth-order valence-electron chi connectivity index (χ4n) is 1.68. The molecule has 0 aliphatic carbocycles. The van der Waals surface area contributed by atoms with Gasteiger partial charge in [0.05, 0.1) is 0 Å². The molecule has 2 rings (SSSR count). The fourth-order valence-corrected chi connectivity index (χ4v) is 1.86. The summed E-state index contributed by atoms with van der Waals surface area (Å²) in [5.74, 6) is -0.323. The molecule has 1 heterocycles. The summed E-state index contributed by atoms with van der Waals surface area (Å²) in [6, 6.07) is 7.74. The highest BCUT2D eigenvalue weighted by Gasteiger charge is 2.12. The van der Waals surface area contributed by atoms with Crippen LogP contribution in [0, 0.1) is 5.82 Å². The Kier molecular flexibility index (Phi) is 3.71. The van der Waals surface area contributed by atoms with Crippen LogP contribution in [0.1, 0.15) is 17.2 Å². The van der Waals surface area contributed by atoms with E-state index in [2.05, 4.69) is 4.98 Å². The normalized spacial score (nSPS) is 12.4. The van der Waals surface area contributed by atoms with Crippen LogP contribution in [0.2, 0.25) is 5.02 Å². The summed E-state index contributed by atoms with van der Waals surface area (Å²) < 4.78 is 13.6. The highest BCUT2D eigenvalue weighted by molar-refractivity contribution is 6.30. The van der Waals surface area contributed by atoms with E-state index >= 15 is 0 Å². The monoisotopic (exact) mass is 250 g/mol. The molecule has 88 valence electrons. The van der Waals surface area contributed by atoms with Crippen LogP contribution >= 0.6 is 11.6 Å². The van der Waals surface area contributed by atoms with E-state index in [0.29, 0.717) is 17.0 Å². The number of hydrogen-bond donors (Lipinski definition) is 1. The van der Waals surface area contributed by atoms with Gasteiger partial charge < -0.3 is 5.73 Å². The van der Waals surface area contributed by atoms with Crippen LogP contribution in [0.15, 0.2) is 42.7 Å². The molecule has 0 aliphatic rings. The molecule has 2 N–H and O–H groups in total. The van der Waals surface area contributed by atoms with E-state index in [-0.39, 0.29) is 5.82 Å². The Balaban J connectivity index is 2.20. The van der Waals surface area contributed by atoms with Crippen LogP contribution in [0.3, 0.4) is 0 Å². The van der Waals surface area contributed by atoms with E-state index in [1.54, 1.807) is 18.5 Å². The number of nitrogens with two attached hydrogens (primary N) is 1. The van der Waals surface area contributed by atoms with Crippen molar-refractivity contribution in [3.63, 3.8) is 0 Å². The molecular weight excluding hydrogens is 239 g/mol. The highest BCUT2D eigenvalue weighted by Crippen LogP contribution is 2.22. The number of aromatic nitrogens is 1. The molecule has 1 aromatic heterocycles. The van der Waals surface area contributed by atoms with Gasteiger partial charge in [-0.05, 0) is 42.3 Å². The Morgan fingerprint density at radius 2 is 1.94 bits per heavy atom. The van der Waals surface area contributed by atoms with Gasteiger partial charge in [0.1, 0.15) is 5.82 Å². The van der Waals surface area contributed by atoms with Gasteiger partial charge >= 0.3 is 0 Å². The van der Waals surface area contributed by atoms with E-state index in [1.807, 2.05) is 12.1 Å². The number of nitrogens with zero attached hydrogens (tertiary/aromatic N) is 1. The predicted octanol–water partition coefficient (Wildman–Crippen LogP) is 3.12. The third-order valence-electron chi connectivity index (χ3n) is 2.56. The van der Waals surface area contributed by atoms with Crippen molar-refractivity contribution in [3.8, 4) is 0 Å². The Morgan fingerprint density at radius 3 is 2.65 bits per heavy atom. The number of pyridine rings is 1. The first kappa shape index (κ1) is 12.0. The van der Waals surface area contributed by atoms with Crippen molar-refractivity contribution in [2.45, 2.75) is 12.5 Å². The van der Waals surface area contributed by atoms with Crippen LogP contribution in [0.5, 0.6) is 0 Å². The molecule has 0 saturated heterocycles. The second-order valence-corrected chi connectivity index (χ2v) is 4.27. The molecule has 0 amide bonds. The Labute approximate surface area is 104 Å². The topological polar surface area (TPSA) is 38.9 Å². The SMILES string of the molecule is NC(Cc1ccncc1)c1cc(Cl)ccc1F. The smallest absolute Gasteiger partial charge is 0.128 e. The van der Waals surface area contributed by atoms with Crippen molar-refractivity contribution in [2.24, 2.45) is 5.73 Å². The lowest BCUT2D eigenvalue weighted by molar-refractivity contribution is 0.580. The van der Waals surface area contributed by atoms with Crippen LogP contribution < -0.4 is 5.73 Å². The van der Waals surface area contributed by atoms with E-state index in [9.17, 15) is 4.39 Å². The van der Waals surface area contributed by atoms with Gasteiger partial charge in [-0.2, -0.15) is 0 Å². The third kappa shape index (κ3) is 3.02. The summed E-state index contributed by atoms with van der Waals surface area (Å²) in [5, 5.41) is 0.492. The first-order valence-corrected chi connectivity index (χ1v) is 5.64. The van der Waals surface area contributed by atoms with Gasteiger partial charge in [0, 0.05) is 29.0 Å². The minimum atomic E-state index is -0.406. The summed E-state index contributed by atoms with van der Waals surface area (Å²) in [6.45, 7) is 0. The molecule has 0 saturated carbocycles. The maximum Gasteiger partial charge on any atom is 0.128 e. The van der Waals surface area contributed by atoms with Gasteiger partial charge in [-0.25, -0.2) is 4.39 Å².